The summed E-state index contributed by atoms with van der Waals surface area (Å²) in [5.41, 5.74) is -0.0546. The molecule has 0 amide bonds. The van der Waals surface area contributed by atoms with Gasteiger partial charge in [-0.1, -0.05) is 30.0 Å². The van der Waals surface area contributed by atoms with Crippen molar-refractivity contribution in [1.82, 2.24) is 4.98 Å². The second-order valence-electron chi connectivity index (χ2n) is 6.63. The molecule has 2 N–H and O–H groups in total. The number of nitrogens with zero attached hydrogens (tertiary/aromatic N) is 1. The molecule has 0 aliphatic rings. The van der Waals surface area contributed by atoms with E-state index in [1.54, 1.807) is 27.7 Å². The van der Waals surface area contributed by atoms with Gasteiger partial charge in [0.2, 0.25) is 5.88 Å². The van der Waals surface area contributed by atoms with Crippen molar-refractivity contribution in [2.75, 3.05) is 0 Å². The van der Waals surface area contributed by atoms with Crippen LogP contribution in [0.4, 0.5) is 0 Å². The first kappa shape index (κ1) is 17.8. The van der Waals surface area contributed by atoms with Crippen LogP contribution >= 0.6 is 0 Å². The van der Waals surface area contributed by atoms with E-state index in [2.05, 4.69) is 28.9 Å². The van der Waals surface area contributed by atoms with E-state index in [4.69, 9.17) is 4.74 Å². The van der Waals surface area contributed by atoms with Gasteiger partial charge in [0.15, 0.2) is 0 Å². The Morgan fingerprint density at radius 2 is 1.62 bits per heavy atom. The fraction of sp³-hybridized carbons (Fsp3) is 0.350. The SMILES string of the molecule is Cc1c(C#CC(C)(C)O)c(OC#CC(C)(C)O)nc2ccccc12. The second kappa shape index (κ2) is 6.53. The van der Waals surface area contributed by atoms with Gasteiger partial charge in [-0.25, -0.2) is 4.98 Å². The molecular weight excluding hydrogens is 302 g/mol. The number of aryl methyl sites for hydroxylation is 1. The summed E-state index contributed by atoms with van der Waals surface area (Å²) >= 11 is 0. The number of pyridine rings is 1. The lowest BCUT2D eigenvalue weighted by atomic mass is 10.0. The average Bonchev–Trinajstić information content (AvgIpc) is 2.44. The third-order valence-corrected chi connectivity index (χ3v) is 3.12. The highest BCUT2D eigenvalue weighted by molar-refractivity contribution is 5.85. The molecular formula is C20H21NO3. The highest BCUT2D eigenvalue weighted by atomic mass is 16.5. The minimum Gasteiger partial charge on any atom is -0.386 e. The Morgan fingerprint density at radius 1 is 1.00 bits per heavy atom. The number of aliphatic hydroxyl groups is 2. The Morgan fingerprint density at radius 3 is 2.25 bits per heavy atom. The quantitative estimate of drug-likeness (QED) is 0.792. The molecule has 2 aromatic rings. The highest BCUT2D eigenvalue weighted by Gasteiger charge is 2.14. The summed E-state index contributed by atoms with van der Waals surface area (Å²) in [6.07, 6.45) is 2.48. The Bertz CT molecular complexity index is 879. The summed E-state index contributed by atoms with van der Waals surface area (Å²) in [4.78, 5) is 4.47. The van der Waals surface area contributed by atoms with Crippen LogP contribution in [-0.4, -0.2) is 26.4 Å². The smallest absolute Gasteiger partial charge is 0.247 e. The first-order chi connectivity index (χ1) is 11.1. The number of hydrogen-bond acceptors (Lipinski definition) is 4. The maximum Gasteiger partial charge on any atom is 0.247 e. The molecule has 24 heavy (non-hydrogen) atoms. The molecule has 0 aliphatic heterocycles. The van der Waals surface area contributed by atoms with Crippen molar-refractivity contribution in [3.63, 3.8) is 0 Å². The van der Waals surface area contributed by atoms with Crippen LogP contribution < -0.4 is 4.74 Å². The lowest BCUT2D eigenvalue weighted by Crippen LogP contribution is -2.15. The van der Waals surface area contributed by atoms with Crippen LogP contribution in [0.15, 0.2) is 24.3 Å². The third kappa shape index (κ3) is 4.73. The summed E-state index contributed by atoms with van der Waals surface area (Å²) in [7, 11) is 0. The van der Waals surface area contributed by atoms with E-state index in [0.717, 1.165) is 16.5 Å². The van der Waals surface area contributed by atoms with Gasteiger partial charge in [-0.05, 0) is 52.2 Å². The molecule has 1 aromatic carbocycles. The standard InChI is InChI=1S/C20H21NO3/c1-14-15-8-6-7-9-17(15)21-18(24-13-12-20(4,5)23)16(14)10-11-19(2,3)22/h6-9,22-23H,1-5H3. The van der Waals surface area contributed by atoms with Crippen LogP contribution in [0.1, 0.15) is 38.8 Å². The first-order valence-electron chi connectivity index (χ1n) is 7.63. The summed E-state index contributed by atoms with van der Waals surface area (Å²) in [6.45, 7) is 8.28. The molecule has 0 aliphatic carbocycles. The van der Waals surface area contributed by atoms with E-state index >= 15 is 0 Å². The zero-order valence-corrected chi connectivity index (χ0v) is 14.6. The predicted molar refractivity (Wildman–Crippen MR) is 94.4 cm³/mol. The molecule has 1 heterocycles. The molecule has 1 aromatic heterocycles. The van der Waals surface area contributed by atoms with E-state index in [-0.39, 0.29) is 5.88 Å². The highest BCUT2D eigenvalue weighted by Crippen LogP contribution is 2.27. The molecule has 4 nitrogen and oxygen atoms in total. The Kier molecular flexibility index (Phi) is 4.85. The maximum absolute atomic E-state index is 9.86. The van der Waals surface area contributed by atoms with Crippen LogP contribution in [0.2, 0.25) is 0 Å². The van der Waals surface area contributed by atoms with Gasteiger partial charge in [0.1, 0.15) is 17.3 Å². The van der Waals surface area contributed by atoms with Crippen LogP contribution in [0, 0.1) is 30.8 Å². The van der Waals surface area contributed by atoms with Crippen LogP contribution in [0.3, 0.4) is 0 Å². The van der Waals surface area contributed by atoms with Crippen molar-refractivity contribution in [2.24, 2.45) is 0 Å². The van der Waals surface area contributed by atoms with E-state index in [1.165, 1.54) is 0 Å². The van der Waals surface area contributed by atoms with E-state index in [1.807, 2.05) is 31.2 Å². The predicted octanol–water partition coefficient (Wildman–Crippen LogP) is 2.78. The average molecular weight is 323 g/mol. The van der Waals surface area contributed by atoms with Crippen molar-refractivity contribution < 1.29 is 14.9 Å². The molecule has 0 spiro atoms. The van der Waals surface area contributed by atoms with Gasteiger partial charge in [-0.3, -0.25) is 0 Å². The fourth-order valence-electron chi connectivity index (χ4n) is 1.98. The summed E-state index contributed by atoms with van der Waals surface area (Å²) in [5.74, 6) is 8.57. The first-order valence-corrected chi connectivity index (χ1v) is 7.63. The summed E-state index contributed by atoms with van der Waals surface area (Å²) in [5, 5.41) is 20.5. The van der Waals surface area contributed by atoms with Gasteiger partial charge in [0.25, 0.3) is 0 Å². The van der Waals surface area contributed by atoms with Gasteiger partial charge < -0.3 is 14.9 Å². The monoisotopic (exact) mass is 323 g/mol. The maximum atomic E-state index is 9.86. The third-order valence-electron chi connectivity index (χ3n) is 3.12. The second-order valence-corrected chi connectivity index (χ2v) is 6.63. The summed E-state index contributed by atoms with van der Waals surface area (Å²) in [6, 6.07) is 7.66. The molecule has 124 valence electrons. The molecule has 4 heteroatoms. The number of para-hydroxylation sites is 1. The number of aromatic nitrogens is 1. The van der Waals surface area contributed by atoms with Crippen LogP contribution in [0.25, 0.3) is 10.9 Å². The van der Waals surface area contributed by atoms with E-state index < -0.39 is 11.2 Å². The lowest BCUT2D eigenvalue weighted by molar-refractivity contribution is 0.142. The number of benzene rings is 1. The normalized spacial score (nSPS) is 11.3. The Hall–Kier alpha value is -2.53. The molecule has 0 bridgehead atoms. The zero-order chi connectivity index (χ0) is 18.0. The van der Waals surface area contributed by atoms with Gasteiger partial charge in [-0.2, -0.15) is 0 Å². The topological polar surface area (TPSA) is 62.6 Å². The van der Waals surface area contributed by atoms with Crippen molar-refractivity contribution in [3.05, 3.63) is 35.4 Å². The van der Waals surface area contributed by atoms with Crippen molar-refractivity contribution in [1.29, 1.82) is 0 Å². The minimum atomic E-state index is -1.16. The van der Waals surface area contributed by atoms with Gasteiger partial charge in [0, 0.05) is 5.39 Å². The largest absolute Gasteiger partial charge is 0.386 e. The van der Waals surface area contributed by atoms with Crippen LogP contribution in [0.5, 0.6) is 5.88 Å². The van der Waals surface area contributed by atoms with Gasteiger partial charge in [0.05, 0.1) is 11.1 Å². The number of fused-ring (bicyclic) bond motifs is 1. The van der Waals surface area contributed by atoms with E-state index in [9.17, 15) is 10.2 Å². The summed E-state index contributed by atoms with van der Waals surface area (Å²) < 4.78 is 5.45. The molecule has 0 radical (unpaired) electrons. The van der Waals surface area contributed by atoms with E-state index in [0.29, 0.717) is 5.56 Å². The van der Waals surface area contributed by atoms with Crippen LogP contribution in [-0.2, 0) is 0 Å². The van der Waals surface area contributed by atoms with Crippen molar-refractivity contribution in [2.45, 2.75) is 45.8 Å². The molecule has 0 fully saturated rings. The molecule has 0 atom stereocenters. The van der Waals surface area contributed by atoms with Crippen molar-refractivity contribution >= 4 is 10.9 Å². The van der Waals surface area contributed by atoms with Gasteiger partial charge in [-0.15, -0.1) is 0 Å². The molecule has 2 rings (SSSR count). The van der Waals surface area contributed by atoms with Crippen molar-refractivity contribution in [3.8, 4) is 29.7 Å². The number of rotatable bonds is 1. The molecule has 0 unspecified atom stereocenters. The molecule has 0 saturated heterocycles. The molecule has 0 saturated carbocycles. The number of ether oxygens (including phenoxy) is 1. The minimum absolute atomic E-state index is 0.264. The Balaban J connectivity index is 2.61. The number of hydrogen-bond donors (Lipinski definition) is 2. The lowest BCUT2D eigenvalue weighted by Gasteiger charge is -2.10. The fourth-order valence-corrected chi connectivity index (χ4v) is 1.98. The zero-order valence-electron chi connectivity index (χ0n) is 14.6. The van der Waals surface area contributed by atoms with Gasteiger partial charge >= 0.3 is 0 Å². The Labute approximate surface area is 142 Å².